The Morgan fingerprint density at radius 3 is 2.14 bits per heavy atom. The van der Waals surface area contributed by atoms with Crippen LogP contribution in [0.2, 0.25) is 0 Å². The minimum Gasteiger partial charge on any atom is -0.368 e. The number of para-hydroxylation sites is 1. The summed E-state index contributed by atoms with van der Waals surface area (Å²) in [6, 6.07) is 14.1. The van der Waals surface area contributed by atoms with Crippen molar-refractivity contribution in [2.75, 3.05) is 31.1 Å². The summed E-state index contributed by atoms with van der Waals surface area (Å²) in [5.41, 5.74) is 1.10. The number of sulfonamides is 1. The molecule has 0 spiro atoms. The first kappa shape index (κ1) is 21.3. The van der Waals surface area contributed by atoms with Crippen LogP contribution in [0.4, 0.5) is 10.1 Å². The zero-order valence-corrected chi connectivity index (χ0v) is 17.4. The number of halogens is 1. The van der Waals surface area contributed by atoms with Crippen molar-refractivity contribution in [2.24, 2.45) is 5.92 Å². The number of piperazine rings is 1. The number of nitrogens with one attached hydrogen (secondary N) is 1. The Balaban J connectivity index is 1.70. The summed E-state index contributed by atoms with van der Waals surface area (Å²) < 4.78 is 41.7. The number of carbonyl (C=O) groups excluding carboxylic acids is 1. The van der Waals surface area contributed by atoms with Crippen molar-refractivity contribution in [3.8, 4) is 0 Å². The van der Waals surface area contributed by atoms with Gasteiger partial charge >= 0.3 is 0 Å². The number of hydrogen-bond acceptors (Lipinski definition) is 4. The molecule has 0 aliphatic carbocycles. The third-order valence-electron chi connectivity index (χ3n) is 5.05. The van der Waals surface area contributed by atoms with Crippen LogP contribution >= 0.6 is 0 Å². The molecular formula is C21H26FN3O3S. The Hall–Kier alpha value is -2.45. The minimum absolute atomic E-state index is 0.281. The summed E-state index contributed by atoms with van der Waals surface area (Å²) >= 11 is 0. The molecule has 0 aromatic heterocycles. The third-order valence-corrected chi connectivity index (χ3v) is 6.53. The molecule has 6 nitrogen and oxygen atoms in total. The molecule has 2 aromatic rings. The number of amides is 1. The highest BCUT2D eigenvalue weighted by Crippen LogP contribution is 2.19. The lowest BCUT2D eigenvalue weighted by molar-refractivity contribution is -0.134. The van der Waals surface area contributed by atoms with Gasteiger partial charge in [-0.2, -0.15) is 4.72 Å². The van der Waals surface area contributed by atoms with Crippen molar-refractivity contribution in [1.29, 1.82) is 0 Å². The van der Waals surface area contributed by atoms with Crippen molar-refractivity contribution in [2.45, 2.75) is 24.8 Å². The molecule has 0 radical (unpaired) electrons. The van der Waals surface area contributed by atoms with Crippen molar-refractivity contribution in [1.82, 2.24) is 9.62 Å². The predicted octanol–water partition coefficient (Wildman–Crippen LogP) is 2.48. The van der Waals surface area contributed by atoms with Gasteiger partial charge < -0.3 is 9.80 Å². The molecule has 1 atom stereocenters. The van der Waals surface area contributed by atoms with Crippen LogP contribution < -0.4 is 9.62 Å². The number of carbonyl (C=O) groups is 1. The Kier molecular flexibility index (Phi) is 6.54. The van der Waals surface area contributed by atoms with Gasteiger partial charge in [0.2, 0.25) is 15.9 Å². The van der Waals surface area contributed by atoms with E-state index in [0.717, 1.165) is 11.8 Å². The van der Waals surface area contributed by atoms with E-state index in [0.29, 0.717) is 26.2 Å². The van der Waals surface area contributed by atoms with Gasteiger partial charge in [-0.25, -0.2) is 12.8 Å². The fourth-order valence-corrected chi connectivity index (χ4v) is 4.80. The van der Waals surface area contributed by atoms with Gasteiger partial charge in [0.25, 0.3) is 0 Å². The lowest BCUT2D eigenvalue weighted by atomic mass is 10.0. The molecule has 0 bridgehead atoms. The Bertz CT molecular complexity index is 943. The van der Waals surface area contributed by atoms with Gasteiger partial charge in [0.05, 0.1) is 0 Å². The molecule has 8 heteroatoms. The van der Waals surface area contributed by atoms with Crippen LogP contribution in [-0.2, 0) is 14.8 Å². The molecule has 1 saturated heterocycles. The topological polar surface area (TPSA) is 69.7 Å². The zero-order chi connectivity index (χ0) is 21.0. The summed E-state index contributed by atoms with van der Waals surface area (Å²) in [7, 11) is -4.16. The fraction of sp³-hybridized carbons (Fsp3) is 0.381. The average molecular weight is 420 g/mol. The van der Waals surface area contributed by atoms with Crippen molar-refractivity contribution >= 4 is 21.6 Å². The molecule has 1 N–H and O–H groups in total. The van der Waals surface area contributed by atoms with E-state index < -0.39 is 26.8 Å². The number of benzene rings is 2. The Labute approximate surface area is 171 Å². The van der Waals surface area contributed by atoms with Crippen LogP contribution in [0.25, 0.3) is 0 Å². The molecule has 1 amide bonds. The lowest BCUT2D eigenvalue weighted by Crippen LogP contribution is -2.56. The van der Waals surface area contributed by atoms with Crippen molar-refractivity contribution < 1.29 is 17.6 Å². The SMILES string of the molecule is CC(C)C(NS(=O)(=O)c1ccccc1F)C(=O)N1CCN(c2ccccc2)CC1. The lowest BCUT2D eigenvalue weighted by Gasteiger charge is -2.38. The van der Waals surface area contributed by atoms with Crippen LogP contribution in [-0.4, -0.2) is 51.4 Å². The van der Waals surface area contributed by atoms with Gasteiger partial charge in [-0.05, 0) is 30.2 Å². The standard InChI is InChI=1S/C21H26FN3O3S/c1-16(2)20(23-29(27,28)19-11-7-6-10-18(19)22)21(26)25-14-12-24(13-15-25)17-8-4-3-5-9-17/h3-11,16,20,23H,12-15H2,1-2H3. The second-order valence-corrected chi connectivity index (χ2v) is 9.10. The first-order valence-electron chi connectivity index (χ1n) is 9.65. The van der Waals surface area contributed by atoms with E-state index >= 15 is 0 Å². The summed E-state index contributed by atoms with van der Waals surface area (Å²) in [5.74, 6) is -1.41. The van der Waals surface area contributed by atoms with E-state index in [-0.39, 0.29) is 11.8 Å². The van der Waals surface area contributed by atoms with E-state index in [1.165, 1.54) is 18.2 Å². The molecule has 1 heterocycles. The van der Waals surface area contributed by atoms with Gasteiger partial charge in [0, 0.05) is 31.9 Å². The number of nitrogens with zero attached hydrogens (tertiary/aromatic N) is 2. The second-order valence-electron chi connectivity index (χ2n) is 7.42. The molecule has 29 heavy (non-hydrogen) atoms. The summed E-state index contributed by atoms with van der Waals surface area (Å²) in [4.78, 5) is 16.5. The highest BCUT2D eigenvalue weighted by molar-refractivity contribution is 7.89. The van der Waals surface area contributed by atoms with E-state index in [9.17, 15) is 17.6 Å². The minimum atomic E-state index is -4.16. The fourth-order valence-electron chi connectivity index (χ4n) is 3.39. The molecule has 156 valence electrons. The average Bonchev–Trinajstić information content (AvgIpc) is 2.72. The molecule has 0 saturated carbocycles. The maximum absolute atomic E-state index is 14.0. The molecule has 3 rings (SSSR count). The van der Waals surface area contributed by atoms with E-state index in [2.05, 4.69) is 9.62 Å². The van der Waals surface area contributed by atoms with E-state index in [1.54, 1.807) is 18.7 Å². The summed E-state index contributed by atoms with van der Waals surface area (Å²) in [6.45, 7) is 5.87. The summed E-state index contributed by atoms with van der Waals surface area (Å²) in [5, 5.41) is 0. The Morgan fingerprint density at radius 2 is 1.55 bits per heavy atom. The monoisotopic (exact) mass is 419 g/mol. The molecule has 1 aliphatic heterocycles. The van der Waals surface area contributed by atoms with Crippen LogP contribution in [0.15, 0.2) is 59.5 Å². The van der Waals surface area contributed by atoms with E-state index in [1.807, 2.05) is 30.3 Å². The molecule has 1 fully saturated rings. The quantitative estimate of drug-likeness (QED) is 0.781. The van der Waals surface area contributed by atoms with Gasteiger partial charge in [-0.15, -0.1) is 0 Å². The highest BCUT2D eigenvalue weighted by Gasteiger charge is 2.33. The van der Waals surface area contributed by atoms with Gasteiger partial charge in [0.1, 0.15) is 16.8 Å². The maximum Gasteiger partial charge on any atom is 0.244 e. The summed E-state index contributed by atoms with van der Waals surface area (Å²) in [6.07, 6.45) is 0. The van der Waals surface area contributed by atoms with Crippen molar-refractivity contribution in [3.05, 3.63) is 60.4 Å². The third kappa shape index (κ3) is 4.94. The molecule has 1 aliphatic rings. The van der Waals surface area contributed by atoms with Crippen LogP contribution in [0, 0.1) is 11.7 Å². The normalized spacial score (nSPS) is 16.1. The van der Waals surface area contributed by atoms with E-state index in [4.69, 9.17) is 0 Å². The van der Waals surface area contributed by atoms with Crippen molar-refractivity contribution in [3.63, 3.8) is 0 Å². The predicted molar refractivity (Wildman–Crippen MR) is 111 cm³/mol. The Morgan fingerprint density at radius 1 is 0.966 bits per heavy atom. The molecule has 2 aromatic carbocycles. The molecule has 1 unspecified atom stereocenters. The second kappa shape index (κ2) is 8.92. The van der Waals surface area contributed by atoms with Gasteiger partial charge in [-0.1, -0.05) is 44.2 Å². The highest BCUT2D eigenvalue weighted by atomic mass is 32.2. The largest absolute Gasteiger partial charge is 0.368 e. The first-order chi connectivity index (χ1) is 13.8. The van der Waals surface area contributed by atoms with Crippen LogP contribution in [0.3, 0.4) is 0 Å². The first-order valence-corrected chi connectivity index (χ1v) is 11.1. The number of rotatable bonds is 6. The van der Waals surface area contributed by atoms with Crippen LogP contribution in [0.5, 0.6) is 0 Å². The smallest absolute Gasteiger partial charge is 0.244 e. The number of anilines is 1. The van der Waals surface area contributed by atoms with Crippen LogP contribution in [0.1, 0.15) is 13.8 Å². The number of hydrogen-bond donors (Lipinski definition) is 1. The maximum atomic E-state index is 14.0. The molecular weight excluding hydrogens is 393 g/mol. The zero-order valence-electron chi connectivity index (χ0n) is 16.6. The van der Waals surface area contributed by atoms with Gasteiger partial charge in [0.15, 0.2) is 0 Å². The van der Waals surface area contributed by atoms with Gasteiger partial charge in [-0.3, -0.25) is 4.79 Å².